The Labute approximate surface area is 190 Å². The van der Waals surface area contributed by atoms with Crippen LogP contribution in [0.4, 0.5) is 20.5 Å². The fourth-order valence-corrected chi connectivity index (χ4v) is 4.55. The average molecular weight is 459 g/mol. The van der Waals surface area contributed by atoms with E-state index in [0.29, 0.717) is 67.8 Å². The molecule has 1 saturated heterocycles. The zero-order chi connectivity index (χ0) is 23.0. The number of nitrogens with zero attached hydrogens (tertiary/aromatic N) is 5. The first kappa shape index (κ1) is 22.0. The van der Waals surface area contributed by atoms with Crippen molar-refractivity contribution < 1.29 is 18.6 Å². The number of benzene rings is 1. The third kappa shape index (κ3) is 4.63. The number of alkyl halides is 2. The van der Waals surface area contributed by atoms with E-state index in [1.165, 1.54) is 4.57 Å². The molecule has 10 heteroatoms. The molecule has 0 amide bonds. The number of morpholine rings is 1. The van der Waals surface area contributed by atoms with Crippen molar-refractivity contribution in [1.82, 2.24) is 19.5 Å². The maximum atomic E-state index is 14.0. The van der Waals surface area contributed by atoms with E-state index in [2.05, 4.69) is 20.2 Å². The molecule has 1 aromatic carbocycles. The highest BCUT2D eigenvalue weighted by molar-refractivity contribution is 5.78. The molecular formula is C23H28F2N6O2. The maximum Gasteiger partial charge on any atom is 0.296 e. The van der Waals surface area contributed by atoms with Crippen LogP contribution in [-0.4, -0.2) is 62.6 Å². The normalized spacial score (nSPS) is 23.9. The summed E-state index contributed by atoms with van der Waals surface area (Å²) in [6.45, 7) is 4.34. The summed E-state index contributed by atoms with van der Waals surface area (Å²) in [6.07, 6.45) is 0.175. The average Bonchev–Trinajstić information content (AvgIpc) is 3.21. The van der Waals surface area contributed by atoms with Crippen molar-refractivity contribution >= 4 is 22.8 Å². The summed E-state index contributed by atoms with van der Waals surface area (Å²) in [4.78, 5) is 15.6. The van der Waals surface area contributed by atoms with Crippen molar-refractivity contribution in [3.63, 3.8) is 0 Å². The predicted octanol–water partition coefficient (Wildman–Crippen LogP) is 3.70. The van der Waals surface area contributed by atoms with Crippen LogP contribution in [0.2, 0.25) is 0 Å². The van der Waals surface area contributed by atoms with Gasteiger partial charge in [0.2, 0.25) is 5.95 Å². The van der Waals surface area contributed by atoms with Crippen LogP contribution in [-0.2, 0) is 4.74 Å². The fraction of sp³-hybridized carbons (Fsp3) is 0.522. The SMILES string of the molecule is C[C@]1(O)CC[C@@H](Nc2nc(N3CCOCC3)cc(-n3c(C(F)F)nc4ccccc43)n2)CC1. The molecule has 0 atom stereocenters. The monoisotopic (exact) mass is 458 g/mol. The van der Waals surface area contributed by atoms with E-state index in [0.717, 1.165) is 12.8 Å². The smallest absolute Gasteiger partial charge is 0.296 e. The number of halogens is 2. The summed E-state index contributed by atoms with van der Waals surface area (Å²) in [7, 11) is 0. The highest BCUT2D eigenvalue weighted by Gasteiger charge is 2.29. The van der Waals surface area contributed by atoms with Crippen molar-refractivity contribution in [1.29, 1.82) is 0 Å². The molecule has 33 heavy (non-hydrogen) atoms. The molecule has 1 aliphatic carbocycles. The Bertz CT molecular complexity index is 1120. The highest BCUT2D eigenvalue weighted by atomic mass is 19.3. The second-order valence-corrected chi connectivity index (χ2v) is 9.02. The second kappa shape index (κ2) is 8.83. The molecule has 8 nitrogen and oxygen atoms in total. The molecule has 1 aliphatic heterocycles. The number of imidazole rings is 1. The van der Waals surface area contributed by atoms with E-state index < -0.39 is 12.0 Å². The highest BCUT2D eigenvalue weighted by Crippen LogP contribution is 2.31. The Kier molecular flexibility index (Phi) is 5.88. The van der Waals surface area contributed by atoms with Crippen LogP contribution in [0.15, 0.2) is 30.3 Å². The minimum Gasteiger partial charge on any atom is -0.390 e. The van der Waals surface area contributed by atoms with Crippen LogP contribution < -0.4 is 10.2 Å². The quantitative estimate of drug-likeness (QED) is 0.603. The van der Waals surface area contributed by atoms with Crippen molar-refractivity contribution in [2.45, 2.75) is 50.7 Å². The molecule has 2 aliphatic rings. The summed E-state index contributed by atoms with van der Waals surface area (Å²) >= 11 is 0. The summed E-state index contributed by atoms with van der Waals surface area (Å²) in [5.74, 6) is 1.05. The van der Waals surface area contributed by atoms with Gasteiger partial charge in [0.15, 0.2) is 5.82 Å². The summed E-state index contributed by atoms with van der Waals surface area (Å²) in [6, 6.07) is 8.90. The van der Waals surface area contributed by atoms with E-state index >= 15 is 0 Å². The summed E-state index contributed by atoms with van der Waals surface area (Å²) < 4.78 is 34.8. The van der Waals surface area contributed by atoms with Crippen LogP contribution >= 0.6 is 0 Å². The zero-order valence-electron chi connectivity index (χ0n) is 18.5. The van der Waals surface area contributed by atoms with Gasteiger partial charge in [-0.1, -0.05) is 12.1 Å². The Hall–Kier alpha value is -2.85. The first-order valence-corrected chi connectivity index (χ1v) is 11.4. The number of ether oxygens (including phenoxy) is 1. The Balaban J connectivity index is 1.56. The third-order valence-corrected chi connectivity index (χ3v) is 6.44. The number of hydrogen-bond donors (Lipinski definition) is 2. The molecule has 2 N–H and O–H groups in total. The van der Waals surface area contributed by atoms with Gasteiger partial charge >= 0.3 is 0 Å². The lowest BCUT2D eigenvalue weighted by Gasteiger charge is -2.33. The molecule has 0 spiro atoms. The zero-order valence-corrected chi connectivity index (χ0v) is 18.5. The Morgan fingerprint density at radius 1 is 1.09 bits per heavy atom. The van der Waals surface area contributed by atoms with Gasteiger partial charge in [-0.25, -0.2) is 13.8 Å². The molecule has 2 aromatic heterocycles. The number of para-hydroxylation sites is 2. The topological polar surface area (TPSA) is 88.3 Å². The van der Waals surface area contributed by atoms with Gasteiger partial charge in [-0.2, -0.15) is 9.97 Å². The van der Waals surface area contributed by atoms with Gasteiger partial charge in [0.05, 0.1) is 29.8 Å². The van der Waals surface area contributed by atoms with Gasteiger partial charge in [0.25, 0.3) is 6.43 Å². The number of anilines is 2. The first-order valence-electron chi connectivity index (χ1n) is 11.4. The van der Waals surface area contributed by atoms with Crippen molar-refractivity contribution in [3.8, 4) is 5.82 Å². The van der Waals surface area contributed by atoms with E-state index in [9.17, 15) is 13.9 Å². The maximum absolute atomic E-state index is 14.0. The van der Waals surface area contributed by atoms with Crippen molar-refractivity contribution in [2.24, 2.45) is 0 Å². The van der Waals surface area contributed by atoms with Crippen molar-refractivity contribution in [2.75, 3.05) is 36.5 Å². The lowest BCUT2D eigenvalue weighted by Crippen LogP contribution is -2.38. The number of fused-ring (bicyclic) bond motifs is 1. The van der Waals surface area contributed by atoms with E-state index in [1.807, 2.05) is 6.92 Å². The lowest BCUT2D eigenvalue weighted by atomic mass is 9.84. The lowest BCUT2D eigenvalue weighted by molar-refractivity contribution is 0.0195. The number of nitrogens with one attached hydrogen (secondary N) is 1. The Morgan fingerprint density at radius 3 is 2.52 bits per heavy atom. The minimum atomic E-state index is -2.75. The molecule has 176 valence electrons. The van der Waals surface area contributed by atoms with E-state index in [-0.39, 0.29) is 11.9 Å². The molecule has 2 fully saturated rings. The number of aromatic nitrogens is 4. The van der Waals surface area contributed by atoms with Gasteiger partial charge in [-0.15, -0.1) is 0 Å². The van der Waals surface area contributed by atoms with Gasteiger partial charge in [0.1, 0.15) is 11.6 Å². The number of rotatable bonds is 5. The molecule has 1 saturated carbocycles. The van der Waals surface area contributed by atoms with Crippen LogP contribution in [0.1, 0.15) is 44.9 Å². The van der Waals surface area contributed by atoms with Crippen molar-refractivity contribution in [3.05, 3.63) is 36.2 Å². The number of hydrogen-bond acceptors (Lipinski definition) is 7. The summed E-state index contributed by atoms with van der Waals surface area (Å²) in [5, 5.41) is 13.7. The number of aliphatic hydroxyl groups is 1. The van der Waals surface area contributed by atoms with Crippen LogP contribution in [0.25, 0.3) is 16.9 Å². The molecule has 3 aromatic rings. The first-order chi connectivity index (χ1) is 15.9. The van der Waals surface area contributed by atoms with Gasteiger partial charge in [0, 0.05) is 25.2 Å². The van der Waals surface area contributed by atoms with Gasteiger partial charge < -0.3 is 20.1 Å². The van der Waals surface area contributed by atoms with Crippen LogP contribution in [0.5, 0.6) is 0 Å². The second-order valence-electron chi connectivity index (χ2n) is 9.02. The molecule has 5 rings (SSSR count). The molecule has 3 heterocycles. The third-order valence-electron chi connectivity index (χ3n) is 6.44. The van der Waals surface area contributed by atoms with Gasteiger partial charge in [-0.05, 0) is 44.7 Å². The summed E-state index contributed by atoms with van der Waals surface area (Å²) in [5.41, 5.74) is 0.407. The van der Waals surface area contributed by atoms with E-state index in [4.69, 9.17) is 9.72 Å². The Morgan fingerprint density at radius 2 is 1.79 bits per heavy atom. The molecular weight excluding hydrogens is 430 g/mol. The standard InChI is InChI=1S/C23H28F2N6O2/c1-23(32)8-6-15(7-9-23)26-22-28-18(30-10-12-33-13-11-30)14-19(29-22)31-17-5-3-2-4-16(17)27-21(31)20(24)25/h2-5,14-15,20,32H,6-13H2,1H3,(H,26,28,29)/t15-,23+. The van der Waals surface area contributed by atoms with Crippen LogP contribution in [0.3, 0.4) is 0 Å². The molecule has 0 unspecified atom stereocenters. The largest absolute Gasteiger partial charge is 0.390 e. The van der Waals surface area contributed by atoms with Gasteiger partial charge in [-0.3, -0.25) is 4.57 Å². The predicted molar refractivity (Wildman–Crippen MR) is 121 cm³/mol. The molecule has 0 bridgehead atoms. The minimum absolute atomic E-state index is 0.104. The van der Waals surface area contributed by atoms with Crippen LogP contribution in [0, 0.1) is 0 Å². The fourth-order valence-electron chi connectivity index (χ4n) is 4.55. The van der Waals surface area contributed by atoms with E-state index in [1.54, 1.807) is 30.3 Å². The molecule has 0 radical (unpaired) electrons.